The van der Waals surface area contributed by atoms with E-state index in [0.29, 0.717) is 25.4 Å². The highest BCUT2D eigenvalue weighted by atomic mass is 32.1. The quantitative estimate of drug-likeness (QED) is 0.487. The molecule has 1 fully saturated rings. The van der Waals surface area contributed by atoms with Crippen LogP contribution in [-0.2, 0) is 11.2 Å². The van der Waals surface area contributed by atoms with Gasteiger partial charge in [-0.3, -0.25) is 9.48 Å². The third kappa shape index (κ3) is 4.48. The van der Waals surface area contributed by atoms with Crippen molar-refractivity contribution in [3.63, 3.8) is 0 Å². The number of ether oxygens (including phenoxy) is 1. The number of aryl methyl sites for hydroxylation is 2. The molecular weight excluding hydrogens is 422 g/mol. The molecule has 0 N–H and O–H groups in total. The van der Waals surface area contributed by atoms with E-state index in [0.717, 1.165) is 41.0 Å². The maximum absolute atomic E-state index is 12.9. The van der Waals surface area contributed by atoms with Crippen LogP contribution in [0.1, 0.15) is 64.0 Å². The number of benzene rings is 1. The van der Waals surface area contributed by atoms with E-state index in [2.05, 4.69) is 36.3 Å². The van der Waals surface area contributed by atoms with Gasteiger partial charge in [0.1, 0.15) is 0 Å². The minimum absolute atomic E-state index is 0.110. The SMILES string of the molecule is CCOC(=O)c1cc(-c2ccc(CC)cc2)n(C2CCN(C(=O)c3sccc3C)CC2)n1. The fourth-order valence-electron chi connectivity index (χ4n) is 4.15. The number of likely N-dealkylation sites (tertiary alicyclic amines) is 1. The number of nitrogens with zero attached hydrogens (tertiary/aromatic N) is 3. The van der Waals surface area contributed by atoms with E-state index in [1.165, 1.54) is 16.9 Å². The largest absolute Gasteiger partial charge is 0.461 e. The summed E-state index contributed by atoms with van der Waals surface area (Å²) in [6, 6.07) is 12.3. The Balaban J connectivity index is 1.57. The van der Waals surface area contributed by atoms with Gasteiger partial charge in [0.15, 0.2) is 5.69 Å². The Kier molecular flexibility index (Phi) is 6.74. The highest BCUT2D eigenvalue weighted by Gasteiger charge is 2.29. The fraction of sp³-hybridized carbons (Fsp3) is 0.400. The maximum atomic E-state index is 12.9. The van der Waals surface area contributed by atoms with Crippen LogP contribution in [0.5, 0.6) is 0 Å². The van der Waals surface area contributed by atoms with Crippen LogP contribution in [0.2, 0.25) is 0 Å². The highest BCUT2D eigenvalue weighted by molar-refractivity contribution is 7.12. The van der Waals surface area contributed by atoms with Gasteiger partial charge in [0, 0.05) is 13.1 Å². The van der Waals surface area contributed by atoms with Crippen molar-refractivity contribution in [2.24, 2.45) is 0 Å². The predicted octanol–water partition coefficient (Wildman–Crippen LogP) is 5.14. The third-order valence-electron chi connectivity index (χ3n) is 6.03. The number of carbonyl (C=O) groups is 2. The van der Waals surface area contributed by atoms with E-state index < -0.39 is 5.97 Å². The summed E-state index contributed by atoms with van der Waals surface area (Å²) in [5.41, 5.74) is 4.56. The Morgan fingerprint density at radius 2 is 1.84 bits per heavy atom. The van der Waals surface area contributed by atoms with Crippen LogP contribution < -0.4 is 0 Å². The second kappa shape index (κ2) is 9.69. The summed E-state index contributed by atoms with van der Waals surface area (Å²) in [7, 11) is 0. The molecule has 3 heterocycles. The molecule has 6 nitrogen and oxygen atoms in total. The minimum atomic E-state index is -0.404. The average Bonchev–Trinajstić information content (AvgIpc) is 3.46. The average molecular weight is 452 g/mol. The topological polar surface area (TPSA) is 64.4 Å². The van der Waals surface area contributed by atoms with Gasteiger partial charge in [-0.05, 0) is 67.3 Å². The van der Waals surface area contributed by atoms with Crippen molar-refractivity contribution >= 4 is 23.2 Å². The molecular formula is C25H29N3O3S. The summed E-state index contributed by atoms with van der Waals surface area (Å²) in [4.78, 5) is 28.0. The van der Waals surface area contributed by atoms with Gasteiger partial charge in [0.2, 0.25) is 0 Å². The number of esters is 1. The second-order valence-electron chi connectivity index (χ2n) is 8.09. The Morgan fingerprint density at radius 3 is 2.44 bits per heavy atom. The molecule has 0 saturated carbocycles. The van der Waals surface area contributed by atoms with E-state index in [9.17, 15) is 9.59 Å². The molecule has 7 heteroatoms. The number of carbonyl (C=O) groups excluding carboxylic acids is 2. The lowest BCUT2D eigenvalue weighted by atomic mass is 10.0. The first-order valence-electron chi connectivity index (χ1n) is 11.2. The number of hydrogen-bond donors (Lipinski definition) is 0. The molecule has 1 amide bonds. The molecule has 0 unspecified atom stereocenters. The van der Waals surface area contributed by atoms with Crippen molar-refractivity contribution in [3.8, 4) is 11.3 Å². The van der Waals surface area contributed by atoms with E-state index in [1.54, 1.807) is 6.92 Å². The van der Waals surface area contributed by atoms with Gasteiger partial charge >= 0.3 is 5.97 Å². The lowest BCUT2D eigenvalue weighted by Crippen LogP contribution is -2.39. The van der Waals surface area contributed by atoms with Crippen molar-refractivity contribution in [3.05, 3.63) is 63.5 Å². The van der Waals surface area contributed by atoms with Crippen molar-refractivity contribution in [1.82, 2.24) is 14.7 Å². The molecule has 0 bridgehead atoms. The summed E-state index contributed by atoms with van der Waals surface area (Å²) in [5.74, 6) is -0.294. The molecule has 2 aromatic heterocycles. The first-order chi connectivity index (χ1) is 15.5. The van der Waals surface area contributed by atoms with E-state index >= 15 is 0 Å². The number of amides is 1. The van der Waals surface area contributed by atoms with Crippen LogP contribution in [0, 0.1) is 6.92 Å². The molecule has 1 aliphatic rings. The predicted molar refractivity (Wildman–Crippen MR) is 126 cm³/mol. The molecule has 0 radical (unpaired) electrons. The number of aromatic nitrogens is 2. The second-order valence-corrected chi connectivity index (χ2v) is 9.00. The van der Waals surface area contributed by atoms with Crippen molar-refractivity contribution in [1.29, 1.82) is 0 Å². The van der Waals surface area contributed by atoms with Crippen LogP contribution >= 0.6 is 11.3 Å². The normalized spacial score (nSPS) is 14.5. The molecule has 3 aromatic rings. The van der Waals surface area contributed by atoms with Gasteiger partial charge in [-0.25, -0.2) is 4.79 Å². The van der Waals surface area contributed by atoms with Gasteiger partial charge in [0.05, 0.1) is 23.2 Å². The monoisotopic (exact) mass is 451 g/mol. The Labute approximate surface area is 192 Å². The van der Waals surface area contributed by atoms with Crippen LogP contribution in [-0.4, -0.2) is 46.3 Å². The van der Waals surface area contributed by atoms with E-state index in [1.807, 2.05) is 34.0 Å². The van der Waals surface area contributed by atoms with Gasteiger partial charge in [-0.15, -0.1) is 11.3 Å². The van der Waals surface area contributed by atoms with Crippen LogP contribution in [0.25, 0.3) is 11.3 Å². The maximum Gasteiger partial charge on any atom is 0.358 e. The van der Waals surface area contributed by atoms with Crippen molar-refractivity contribution < 1.29 is 14.3 Å². The molecule has 0 spiro atoms. The first kappa shape index (κ1) is 22.3. The van der Waals surface area contributed by atoms with E-state index in [-0.39, 0.29) is 11.9 Å². The smallest absolute Gasteiger partial charge is 0.358 e. The molecule has 4 rings (SSSR count). The summed E-state index contributed by atoms with van der Waals surface area (Å²) in [6.45, 7) is 7.56. The molecule has 1 saturated heterocycles. The summed E-state index contributed by atoms with van der Waals surface area (Å²) < 4.78 is 7.15. The summed E-state index contributed by atoms with van der Waals surface area (Å²) >= 11 is 1.50. The standard InChI is InChI=1S/C25H29N3O3S/c1-4-18-6-8-19(9-7-18)22-16-21(25(30)31-5-2)26-28(22)20-10-13-27(14-11-20)24(29)23-17(3)12-15-32-23/h6-9,12,15-16,20H,4-5,10-11,13-14H2,1-3H3. The van der Waals surface area contributed by atoms with Gasteiger partial charge in [-0.1, -0.05) is 31.2 Å². The lowest BCUT2D eigenvalue weighted by Gasteiger charge is -2.32. The zero-order valence-electron chi connectivity index (χ0n) is 18.8. The first-order valence-corrected chi connectivity index (χ1v) is 12.1. The minimum Gasteiger partial charge on any atom is -0.461 e. The third-order valence-corrected chi connectivity index (χ3v) is 7.04. The van der Waals surface area contributed by atoms with E-state index in [4.69, 9.17) is 4.74 Å². The summed E-state index contributed by atoms with van der Waals surface area (Å²) in [6.07, 6.45) is 2.56. The van der Waals surface area contributed by atoms with Crippen molar-refractivity contribution in [2.75, 3.05) is 19.7 Å². The fourth-order valence-corrected chi connectivity index (χ4v) is 5.05. The number of rotatable bonds is 6. The Morgan fingerprint density at radius 1 is 1.12 bits per heavy atom. The Hall–Kier alpha value is -2.93. The van der Waals surface area contributed by atoms with Gasteiger partial charge < -0.3 is 9.64 Å². The number of thiophene rings is 1. The highest BCUT2D eigenvalue weighted by Crippen LogP contribution is 2.31. The summed E-state index contributed by atoms with van der Waals surface area (Å²) in [5, 5.41) is 6.61. The number of hydrogen-bond acceptors (Lipinski definition) is 5. The van der Waals surface area contributed by atoms with Gasteiger partial charge in [-0.2, -0.15) is 5.10 Å². The molecule has 0 atom stereocenters. The molecule has 168 valence electrons. The molecule has 1 aromatic carbocycles. The molecule has 1 aliphatic heterocycles. The Bertz CT molecular complexity index is 1090. The lowest BCUT2D eigenvalue weighted by molar-refractivity contribution is 0.0517. The zero-order valence-corrected chi connectivity index (χ0v) is 19.7. The molecule has 0 aliphatic carbocycles. The van der Waals surface area contributed by atoms with Crippen molar-refractivity contribution in [2.45, 2.75) is 46.1 Å². The zero-order chi connectivity index (χ0) is 22.7. The van der Waals surface area contributed by atoms with Crippen LogP contribution in [0.4, 0.5) is 0 Å². The molecule has 32 heavy (non-hydrogen) atoms. The van der Waals surface area contributed by atoms with Crippen LogP contribution in [0.3, 0.4) is 0 Å². The number of piperidine rings is 1. The van der Waals surface area contributed by atoms with Gasteiger partial charge in [0.25, 0.3) is 5.91 Å². The van der Waals surface area contributed by atoms with Crippen LogP contribution in [0.15, 0.2) is 41.8 Å².